The molecule has 0 aromatic heterocycles. The predicted molar refractivity (Wildman–Crippen MR) is 74.2 cm³/mol. The third-order valence-corrected chi connectivity index (χ3v) is 3.75. The number of thioether (sulfide) groups is 1. The maximum absolute atomic E-state index is 11.8. The monoisotopic (exact) mass is 252 g/mol. The van der Waals surface area contributed by atoms with Crippen molar-refractivity contribution >= 4 is 23.4 Å². The fraction of sp³-hybridized carbons (Fsp3) is 0.462. The fourth-order valence-electron chi connectivity index (χ4n) is 1.27. The summed E-state index contributed by atoms with van der Waals surface area (Å²) in [5.41, 5.74) is 7.60. The second-order valence-corrected chi connectivity index (χ2v) is 5.45. The molecule has 1 amide bonds. The number of amides is 1. The zero-order valence-corrected chi connectivity index (χ0v) is 11.7. The standard InChI is InChI=1S/C13H20N2OS/c1-9(2)15(4)13(16)8-17-11-5-6-12(14)10(3)7-11/h5-7,9H,8,14H2,1-4H3. The number of aryl methyl sites for hydroxylation is 1. The molecule has 0 fully saturated rings. The topological polar surface area (TPSA) is 46.3 Å². The number of hydrogen-bond donors (Lipinski definition) is 1. The summed E-state index contributed by atoms with van der Waals surface area (Å²) < 4.78 is 0. The van der Waals surface area contributed by atoms with Crippen LogP contribution in [0.3, 0.4) is 0 Å². The Balaban J connectivity index is 2.56. The van der Waals surface area contributed by atoms with Crippen molar-refractivity contribution in [2.45, 2.75) is 31.7 Å². The summed E-state index contributed by atoms with van der Waals surface area (Å²) in [6.45, 7) is 5.99. The normalized spacial score (nSPS) is 10.6. The van der Waals surface area contributed by atoms with E-state index in [1.807, 2.05) is 46.0 Å². The molecule has 0 saturated carbocycles. The van der Waals surface area contributed by atoms with Gasteiger partial charge in [0, 0.05) is 23.7 Å². The number of hydrogen-bond acceptors (Lipinski definition) is 3. The lowest BCUT2D eigenvalue weighted by molar-refractivity contribution is -0.128. The number of benzene rings is 1. The van der Waals surface area contributed by atoms with Crippen molar-refractivity contribution in [3.8, 4) is 0 Å². The van der Waals surface area contributed by atoms with Crippen LogP contribution in [0.5, 0.6) is 0 Å². The van der Waals surface area contributed by atoms with Crippen LogP contribution in [-0.4, -0.2) is 29.6 Å². The van der Waals surface area contributed by atoms with E-state index in [9.17, 15) is 4.79 Å². The van der Waals surface area contributed by atoms with E-state index in [2.05, 4.69) is 0 Å². The number of nitrogens with two attached hydrogens (primary N) is 1. The third kappa shape index (κ3) is 3.97. The first kappa shape index (κ1) is 13.9. The van der Waals surface area contributed by atoms with E-state index in [0.717, 1.165) is 16.1 Å². The van der Waals surface area contributed by atoms with E-state index in [4.69, 9.17) is 5.73 Å². The van der Waals surface area contributed by atoms with E-state index >= 15 is 0 Å². The van der Waals surface area contributed by atoms with Gasteiger partial charge in [0.05, 0.1) is 5.75 Å². The smallest absolute Gasteiger partial charge is 0.232 e. The molecule has 0 spiro atoms. The highest BCUT2D eigenvalue weighted by Crippen LogP contribution is 2.22. The average Bonchev–Trinajstić information content (AvgIpc) is 2.29. The molecule has 1 aromatic carbocycles. The van der Waals surface area contributed by atoms with Crippen LogP contribution in [0.2, 0.25) is 0 Å². The first-order valence-corrected chi connectivity index (χ1v) is 6.65. The lowest BCUT2D eigenvalue weighted by Crippen LogP contribution is -2.34. The van der Waals surface area contributed by atoms with Crippen molar-refractivity contribution in [2.24, 2.45) is 0 Å². The molecule has 0 atom stereocenters. The number of nitrogens with zero attached hydrogens (tertiary/aromatic N) is 1. The molecule has 0 aliphatic heterocycles. The molecule has 17 heavy (non-hydrogen) atoms. The lowest BCUT2D eigenvalue weighted by atomic mass is 10.2. The van der Waals surface area contributed by atoms with Gasteiger partial charge in [-0.1, -0.05) is 0 Å². The van der Waals surface area contributed by atoms with Crippen molar-refractivity contribution in [1.82, 2.24) is 4.90 Å². The quantitative estimate of drug-likeness (QED) is 0.661. The first-order chi connectivity index (χ1) is 7.91. The van der Waals surface area contributed by atoms with Gasteiger partial charge in [-0.15, -0.1) is 11.8 Å². The van der Waals surface area contributed by atoms with Crippen LogP contribution >= 0.6 is 11.8 Å². The molecule has 0 heterocycles. The van der Waals surface area contributed by atoms with Crippen LogP contribution in [-0.2, 0) is 4.79 Å². The van der Waals surface area contributed by atoms with Crippen LogP contribution in [0.15, 0.2) is 23.1 Å². The molecule has 0 aliphatic rings. The molecule has 0 radical (unpaired) electrons. The molecular formula is C13H20N2OS. The summed E-state index contributed by atoms with van der Waals surface area (Å²) >= 11 is 1.55. The molecule has 2 N–H and O–H groups in total. The van der Waals surface area contributed by atoms with E-state index in [1.54, 1.807) is 16.7 Å². The highest BCUT2D eigenvalue weighted by molar-refractivity contribution is 8.00. The highest BCUT2D eigenvalue weighted by Gasteiger charge is 2.12. The molecule has 0 unspecified atom stereocenters. The van der Waals surface area contributed by atoms with Gasteiger partial charge in [-0.05, 0) is 44.5 Å². The molecule has 0 aliphatic carbocycles. The minimum absolute atomic E-state index is 0.152. The number of carbonyl (C=O) groups is 1. The minimum atomic E-state index is 0.152. The van der Waals surface area contributed by atoms with Gasteiger partial charge < -0.3 is 10.6 Å². The Hall–Kier alpha value is -1.16. The average molecular weight is 252 g/mol. The third-order valence-electron chi connectivity index (χ3n) is 2.77. The molecule has 0 saturated heterocycles. The van der Waals surface area contributed by atoms with Gasteiger partial charge >= 0.3 is 0 Å². The largest absolute Gasteiger partial charge is 0.399 e. The summed E-state index contributed by atoms with van der Waals surface area (Å²) in [7, 11) is 1.84. The van der Waals surface area contributed by atoms with Gasteiger partial charge in [-0.3, -0.25) is 4.79 Å². The summed E-state index contributed by atoms with van der Waals surface area (Å²) in [6, 6.07) is 6.10. The maximum Gasteiger partial charge on any atom is 0.232 e. The zero-order chi connectivity index (χ0) is 13.0. The Morgan fingerprint density at radius 1 is 1.47 bits per heavy atom. The summed E-state index contributed by atoms with van der Waals surface area (Å²) in [4.78, 5) is 14.6. The van der Waals surface area contributed by atoms with Crippen molar-refractivity contribution in [3.05, 3.63) is 23.8 Å². The van der Waals surface area contributed by atoms with Crippen LogP contribution < -0.4 is 5.73 Å². The molecule has 4 heteroatoms. The summed E-state index contributed by atoms with van der Waals surface area (Å²) in [5, 5.41) is 0. The van der Waals surface area contributed by atoms with Gasteiger partial charge in [0.25, 0.3) is 0 Å². The fourth-order valence-corrected chi connectivity index (χ4v) is 2.19. The second kappa shape index (κ2) is 5.96. The summed E-state index contributed by atoms with van der Waals surface area (Å²) in [6.07, 6.45) is 0. The van der Waals surface area contributed by atoms with Crippen molar-refractivity contribution in [2.75, 3.05) is 18.5 Å². The maximum atomic E-state index is 11.8. The van der Waals surface area contributed by atoms with Crippen LogP contribution in [0.1, 0.15) is 19.4 Å². The molecule has 1 rings (SSSR count). The van der Waals surface area contributed by atoms with Gasteiger partial charge in [0.15, 0.2) is 0 Å². The van der Waals surface area contributed by atoms with Crippen LogP contribution in [0.25, 0.3) is 0 Å². The van der Waals surface area contributed by atoms with Crippen molar-refractivity contribution in [1.29, 1.82) is 0 Å². The van der Waals surface area contributed by atoms with Crippen LogP contribution in [0.4, 0.5) is 5.69 Å². The van der Waals surface area contributed by atoms with E-state index in [1.165, 1.54) is 0 Å². The summed E-state index contributed by atoms with van der Waals surface area (Å²) in [5.74, 6) is 0.623. The van der Waals surface area contributed by atoms with Crippen molar-refractivity contribution in [3.63, 3.8) is 0 Å². The lowest BCUT2D eigenvalue weighted by Gasteiger charge is -2.21. The van der Waals surface area contributed by atoms with Gasteiger partial charge in [-0.2, -0.15) is 0 Å². The molecule has 94 valence electrons. The van der Waals surface area contributed by atoms with Gasteiger partial charge in [-0.25, -0.2) is 0 Å². The Labute approximate surface area is 107 Å². The van der Waals surface area contributed by atoms with Gasteiger partial charge in [0.2, 0.25) is 5.91 Å². The van der Waals surface area contributed by atoms with Crippen molar-refractivity contribution < 1.29 is 4.79 Å². The second-order valence-electron chi connectivity index (χ2n) is 4.41. The van der Waals surface area contributed by atoms with E-state index in [-0.39, 0.29) is 11.9 Å². The van der Waals surface area contributed by atoms with Crippen LogP contribution in [0, 0.1) is 6.92 Å². The Morgan fingerprint density at radius 2 is 2.12 bits per heavy atom. The zero-order valence-electron chi connectivity index (χ0n) is 10.9. The number of carbonyl (C=O) groups excluding carboxylic acids is 1. The number of nitrogen functional groups attached to an aromatic ring is 1. The van der Waals surface area contributed by atoms with E-state index in [0.29, 0.717) is 5.75 Å². The molecule has 1 aromatic rings. The number of rotatable bonds is 4. The molecule has 3 nitrogen and oxygen atoms in total. The molecular weight excluding hydrogens is 232 g/mol. The number of anilines is 1. The highest BCUT2D eigenvalue weighted by atomic mass is 32.2. The predicted octanol–water partition coefficient (Wildman–Crippen LogP) is 2.54. The van der Waals surface area contributed by atoms with Gasteiger partial charge in [0.1, 0.15) is 0 Å². The van der Waals surface area contributed by atoms with E-state index < -0.39 is 0 Å². The SMILES string of the molecule is Cc1cc(SCC(=O)N(C)C(C)C)ccc1N. The first-order valence-electron chi connectivity index (χ1n) is 5.66. The Bertz CT molecular complexity index is 404. The Morgan fingerprint density at radius 3 is 2.65 bits per heavy atom. The minimum Gasteiger partial charge on any atom is -0.399 e. The Kier molecular flexibility index (Phi) is 4.87. The molecule has 0 bridgehead atoms.